The fraction of sp³-hybridized carbons (Fsp3) is 0.857. The Kier molecular flexibility index (Phi) is 2.99. The normalized spacial score (nSPS) is 46.1. The van der Waals surface area contributed by atoms with Crippen LogP contribution in [-0.4, -0.2) is 56.9 Å². The average molecular weight is 192 g/mol. The summed E-state index contributed by atoms with van der Waals surface area (Å²) in [5.74, 6) is -0.516. The molecule has 0 saturated carbocycles. The molecule has 13 heavy (non-hydrogen) atoms. The van der Waals surface area contributed by atoms with Crippen LogP contribution in [0.2, 0.25) is 0 Å². The number of aliphatic hydroxyl groups is 4. The van der Waals surface area contributed by atoms with Crippen LogP contribution in [0.3, 0.4) is 0 Å². The zero-order chi connectivity index (χ0) is 10.2. The summed E-state index contributed by atoms with van der Waals surface area (Å²) in [6.45, 7) is 1.16. The minimum atomic E-state index is -1.65. The highest BCUT2D eigenvalue weighted by Gasteiger charge is 2.44. The summed E-state index contributed by atoms with van der Waals surface area (Å²) < 4.78 is 4.59. The number of hydrogen-bond donors (Lipinski definition) is 4. The highest BCUT2D eigenvalue weighted by atomic mass is 16.6. The molecule has 0 aromatic heterocycles. The number of ketones is 1. The second kappa shape index (κ2) is 3.69. The van der Waals surface area contributed by atoms with Gasteiger partial charge in [-0.15, -0.1) is 0 Å². The van der Waals surface area contributed by atoms with Crippen LogP contribution < -0.4 is 0 Å². The van der Waals surface area contributed by atoms with Crippen LogP contribution in [0.25, 0.3) is 0 Å². The Hall–Kier alpha value is -0.530. The minimum Gasteiger partial charge on any atom is -0.387 e. The van der Waals surface area contributed by atoms with E-state index in [4.69, 9.17) is 15.3 Å². The maximum absolute atomic E-state index is 10.8. The standard InChI is InChI=1S/C7H12O6/c1-2(8)6-4(10)3(9)5(11)7(12)13-6/h3-7,9-12H,1H3/t3-,4+,5+,6-,7-/m0/s1. The Morgan fingerprint density at radius 3 is 2.08 bits per heavy atom. The number of rotatable bonds is 1. The van der Waals surface area contributed by atoms with Crippen LogP contribution in [0.15, 0.2) is 0 Å². The highest BCUT2D eigenvalue weighted by molar-refractivity contribution is 5.81. The summed E-state index contributed by atoms with van der Waals surface area (Å²) in [6.07, 6.45) is -7.60. The Morgan fingerprint density at radius 1 is 1.08 bits per heavy atom. The third-order valence-electron chi connectivity index (χ3n) is 1.99. The molecule has 0 spiro atoms. The van der Waals surface area contributed by atoms with Gasteiger partial charge in [-0.3, -0.25) is 4.79 Å². The van der Waals surface area contributed by atoms with E-state index >= 15 is 0 Å². The number of carbonyl (C=O) groups excluding carboxylic acids is 1. The molecule has 0 amide bonds. The Morgan fingerprint density at radius 2 is 1.62 bits per heavy atom. The summed E-state index contributed by atoms with van der Waals surface area (Å²) in [4.78, 5) is 10.8. The molecule has 6 heteroatoms. The average Bonchev–Trinajstić information content (AvgIpc) is 2.07. The van der Waals surface area contributed by atoms with Crippen molar-refractivity contribution in [1.82, 2.24) is 0 Å². The molecular formula is C7H12O6. The van der Waals surface area contributed by atoms with E-state index < -0.39 is 36.5 Å². The van der Waals surface area contributed by atoms with E-state index in [-0.39, 0.29) is 0 Å². The van der Waals surface area contributed by atoms with Gasteiger partial charge in [-0.25, -0.2) is 0 Å². The van der Waals surface area contributed by atoms with Crippen LogP contribution >= 0.6 is 0 Å². The maximum atomic E-state index is 10.8. The van der Waals surface area contributed by atoms with Crippen LogP contribution in [0, 0.1) is 0 Å². The van der Waals surface area contributed by atoms with Crippen molar-refractivity contribution < 1.29 is 30.0 Å². The van der Waals surface area contributed by atoms with E-state index in [2.05, 4.69) is 4.74 Å². The van der Waals surface area contributed by atoms with E-state index in [1.807, 2.05) is 0 Å². The molecule has 1 aliphatic heterocycles. The molecule has 0 aromatic rings. The third kappa shape index (κ3) is 1.87. The van der Waals surface area contributed by atoms with Gasteiger partial charge in [0.1, 0.15) is 24.4 Å². The van der Waals surface area contributed by atoms with Gasteiger partial charge < -0.3 is 25.2 Å². The highest BCUT2D eigenvalue weighted by Crippen LogP contribution is 2.20. The number of hydrogen-bond acceptors (Lipinski definition) is 6. The molecule has 4 N–H and O–H groups in total. The fourth-order valence-electron chi connectivity index (χ4n) is 1.20. The molecule has 1 fully saturated rings. The Bertz CT molecular complexity index is 205. The van der Waals surface area contributed by atoms with Crippen molar-refractivity contribution in [3.05, 3.63) is 0 Å². The number of carbonyl (C=O) groups is 1. The van der Waals surface area contributed by atoms with Gasteiger partial charge >= 0.3 is 0 Å². The van der Waals surface area contributed by atoms with E-state index in [1.54, 1.807) is 0 Å². The maximum Gasteiger partial charge on any atom is 0.184 e. The summed E-state index contributed by atoms with van der Waals surface area (Å²) in [5, 5.41) is 36.4. The predicted octanol–water partition coefficient (Wildman–Crippen LogP) is -2.62. The predicted molar refractivity (Wildman–Crippen MR) is 39.6 cm³/mol. The molecule has 0 aliphatic carbocycles. The van der Waals surface area contributed by atoms with Gasteiger partial charge in [0.2, 0.25) is 0 Å². The Balaban J connectivity index is 2.76. The van der Waals surface area contributed by atoms with Crippen LogP contribution in [0.1, 0.15) is 6.92 Å². The first kappa shape index (κ1) is 10.6. The van der Waals surface area contributed by atoms with Crippen LogP contribution in [0.4, 0.5) is 0 Å². The van der Waals surface area contributed by atoms with Gasteiger partial charge in [0.05, 0.1) is 0 Å². The molecule has 0 radical (unpaired) electrons. The molecular weight excluding hydrogens is 180 g/mol. The van der Waals surface area contributed by atoms with Crippen molar-refractivity contribution in [2.45, 2.75) is 37.6 Å². The zero-order valence-corrected chi connectivity index (χ0v) is 6.99. The second-order valence-corrected chi connectivity index (χ2v) is 3.03. The summed E-state index contributed by atoms with van der Waals surface area (Å²) in [7, 11) is 0. The molecule has 1 heterocycles. The summed E-state index contributed by atoms with van der Waals surface area (Å²) >= 11 is 0. The molecule has 0 unspecified atom stereocenters. The topological polar surface area (TPSA) is 107 Å². The molecule has 6 nitrogen and oxygen atoms in total. The lowest BCUT2D eigenvalue weighted by Crippen LogP contribution is -2.59. The number of ether oxygens (including phenoxy) is 1. The monoisotopic (exact) mass is 192 g/mol. The molecule has 76 valence electrons. The van der Waals surface area contributed by atoms with Crippen molar-refractivity contribution in [3.8, 4) is 0 Å². The van der Waals surface area contributed by atoms with Gasteiger partial charge in [0.25, 0.3) is 0 Å². The first-order valence-electron chi connectivity index (χ1n) is 3.83. The first-order chi connectivity index (χ1) is 5.95. The molecule has 1 aliphatic rings. The van der Waals surface area contributed by atoms with Crippen molar-refractivity contribution in [2.75, 3.05) is 0 Å². The zero-order valence-electron chi connectivity index (χ0n) is 6.99. The number of aliphatic hydroxyl groups excluding tert-OH is 4. The van der Waals surface area contributed by atoms with Crippen molar-refractivity contribution >= 4 is 5.78 Å². The van der Waals surface area contributed by atoms with E-state index in [0.717, 1.165) is 6.92 Å². The van der Waals surface area contributed by atoms with Gasteiger partial charge in [-0.2, -0.15) is 0 Å². The van der Waals surface area contributed by atoms with Gasteiger partial charge in [-0.05, 0) is 6.92 Å². The molecule has 1 rings (SSSR count). The molecule has 0 aromatic carbocycles. The van der Waals surface area contributed by atoms with Gasteiger partial charge in [-0.1, -0.05) is 0 Å². The van der Waals surface area contributed by atoms with Crippen LogP contribution in [0.5, 0.6) is 0 Å². The molecule has 1 saturated heterocycles. The van der Waals surface area contributed by atoms with Gasteiger partial charge in [0, 0.05) is 0 Å². The molecule has 5 atom stereocenters. The number of Topliss-reactive ketones (excluding diaryl/α,β-unsaturated/α-hetero) is 1. The quantitative estimate of drug-likeness (QED) is 0.362. The lowest BCUT2D eigenvalue weighted by molar-refractivity contribution is -0.274. The smallest absolute Gasteiger partial charge is 0.184 e. The fourth-order valence-corrected chi connectivity index (χ4v) is 1.20. The lowest BCUT2D eigenvalue weighted by atomic mass is 9.97. The largest absolute Gasteiger partial charge is 0.387 e. The molecule has 0 bridgehead atoms. The van der Waals surface area contributed by atoms with E-state index in [9.17, 15) is 9.90 Å². The first-order valence-corrected chi connectivity index (χ1v) is 3.83. The SMILES string of the molecule is CC(=O)[C@@H]1O[C@H](O)[C@H](O)[C@@H](O)[C@H]1O. The summed E-state index contributed by atoms with van der Waals surface area (Å²) in [6, 6.07) is 0. The lowest BCUT2D eigenvalue weighted by Gasteiger charge is -2.37. The minimum absolute atomic E-state index is 0.516. The van der Waals surface area contributed by atoms with Crippen LogP contribution in [-0.2, 0) is 9.53 Å². The second-order valence-electron chi connectivity index (χ2n) is 3.03. The summed E-state index contributed by atoms with van der Waals surface area (Å²) in [5.41, 5.74) is 0. The van der Waals surface area contributed by atoms with E-state index in [1.165, 1.54) is 0 Å². The van der Waals surface area contributed by atoms with Crippen molar-refractivity contribution in [1.29, 1.82) is 0 Å². The Labute approximate surface area is 74.4 Å². The van der Waals surface area contributed by atoms with Gasteiger partial charge in [0.15, 0.2) is 12.1 Å². The third-order valence-corrected chi connectivity index (χ3v) is 1.99. The van der Waals surface area contributed by atoms with Crippen molar-refractivity contribution in [2.24, 2.45) is 0 Å². The van der Waals surface area contributed by atoms with E-state index in [0.29, 0.717) is 0 Å². The van der Waals surface area contributed by atoms with Crippen molar-refractivity contribution in [3.63, 3.8) is 0 Å².